The van der Waals surface area contributed by atoms with E-state index in [4.69, 9.17) is 0 Å². The van der Waals surface area contributed by atoms with Crippen molar-refractivity contribution in [3.05, 3.63) is 0 Å². The minimum absolute atomic E-state index is 0.124. The highest BCUT2D eigenvalue weighted by atomic mass is 16.7. The van der Waals surface area contributed by atoms with E-state index in [1.165, 1.54) is 7.11 Å². The summed E-state index contributed by atoms with van der Waals surface area (Å²) in [5, 5.41) is 0. The van der Waals surface area contributed by atoms with Crippen molar-refractivity contribution in [1.82, 2.24) is 0 Å². The first-order valence-electron chi connectivity index (χ1n) is 2.51. The quantitative estimate of drug-likeness (QED) is 0.293. The molecule has 0 amide bonds. The molecule has 0 heterocycles. The van der Waals surface area contributed by atoms with Crippen molar-refractivity contribution in [3.8, 4) is 0 Å². The standard InChI is InChI=1S/C5H8O5/c1-8-4-10-5(7)2-9-3-6/h3H,2,4H2,1H3. The maximum Gasteiger partial charge on any atom is 0.346 e. The largest absolute Gasteiger partial charge is 0.456 e. The molecule has 0 bridgehead atoms. The molecule has 0 radical (unpaired) electrons. The number of ether oxygens (including phenoxy) is 3. The lowest BCUT2D eigenvalue weighted by molar-refractivity contribution is -0.161. The van der Waals surface area contributed by atoms with Crippen LogP contribution in [0.25, 0.3) is 0 Å². The number of methoxy groups -OCH3 is 1. The van der Waals surface area contributed by atoms with Gasteiger partial charge in [-0.2, -0.15) is 0 Å². The van der Waals surface area contributed by atoms with Crippen LogP contribution in [-0.2, 0) is 23.8 Å². The second-order valence-corrected chi connectivity index (χ2v) is 1.33. The molecule has 5 nitrogen and oxygen atoms in total. The van der Waals surface area contributed by atoms with E-state index >= 15 is 0 Å². The second kappa shape index (κ2) is 6.03. The Balaban J connectivity index is 3.16. The SMILES string of the molecule is COCOC(=O)COC=O. The van der Waals surface area contributed by atoms with Gasteiger partial charge in [-0.15, -0.1) is 0 Å². The number of esters is 1. The molecule has 0 aliphatic heterocycles. The van der Waals surface area contributed by atoms with Crippen LogP contribution in [0, 0.1) is 0 Å². The first-order valence-corrected chi connectivity index (χ1v) is 2.51. The van der Waals surface area contributed by atoms with Crippen LogP contribution in [0.2, 0.25) is 0 Å². The van der Waals surface area contributed by atoms with Crippen molar-refractivity contribution in [2.24, 2.45) is 0 Å². The van der Waals surface area contributed by atoms with Crippen molar-refractivity contribution in [3.63, 3.8) is 0 Å². The summed E-state index contributed by atoms with van der Waals surface area (Å²) in [4.78, 5) is 19.9. The molecule has 0 fully saturated rings. The van der Waals surface area contributed by atoms with Gasteiger partial charge in [0.1, 0.15) is 0 Å². The normalized spacial score (nSPS) is 8.50. The predicted octanol–water partition coefficient (Wildman–Crippen LogP) is -0.694. The summed E-state index contributed by atoms with van der Waals surface area (Å²) in [6, 6.07) is 0. The molecule has 0 saturated heterocycles. The minimum atomic E-state index is -0.631. The van der Waals surface area contributed by atoms with Gasteiger partial charge in [0, 0.05) is 7.11 Å². The lowest BCUT2D eigenvalue weighted by atomic mass is 10.7. The van der Waals surface area contributed by atoms with Crippen LogP contribution in [0.1, 0.15) is 0 Å². The number of carbonyl (C=O) groups is 2. The highest BCUT2D eigenvalue weighted by molar-refractivity contribution is 5.71. The number of hydrogen-bond donors (Lipinski definition) is 0. The van der Waals surface area contributed by atoms with Gasteiger partial charge in [0.25, 0.3) is 6.47 Å². The Labute approximate surface area is 57.9 Å². The predicted molar refractivity (Wildman–Crippen MR) is 30.0 cm³/mol. The van der Waals surface area contributed by atoms with Crippen LogP contribution in [0.4, 0.5) is 0 Å². The molecule has 0 aromatic rings. The van der Waals surface area contributed by atoms with E-state index in [9.17, 15) is 9.59 Å². The zero-order chi connectivity index (χ0) is 7.82. The Morgan fingerprint density at radius 1 is 1.60 bits per heavy atom. The molecule has 0 N–H and O–H groups in total. The van der Waals surface area contributed by atoms with E-state index in [1.807, 2.05) is 0 Å². The number of carbonyl (C=O) groups excluding carboxylic acids is 2. The van der Waals surface area contributed by atoms with Gasteiger partial charge in [-0.25, -0.2) is 4.79 Å². The van der Waals surface area contributed by atoms with Crippen LogP contribution in [0.15, 0.2) is 0 Å². The van der Waals surface area contributed by atoms with Gasteiger partial charge in [0.15, 0.2) is 13.4 Å². The average molecular weight is 148 g/mol. The van der Waals surface area contributed by atoms with Gasteiger partial charge in [0.05, 0.1) is 0 Å². The fourth-order valence-electron chi connectivity index (χ4n) is 0.268. The molecular formula is C5H8O5. The van der Waals surface area contributed by atoms with E-state index in [0.717, 1.165) is 0 Å². The third-order valence-electron chi connectivity index (χ3n) is 0.607. The fourth-order valence-corrected chi connectivity index (χ4v) is 0.268. The van der Waals surface area contributed by atoms with Gasteiger partial charge in [-0.1, -0.05) is 0 Å². The summed E-state index contributed by atoms with van der Waals surface area (Å²) in [6.07, 6.45) is 0. The highest BCUT2D eigenvalue weighted by Gasteiger charge is 2.00. The number of hydrogen-bond acceptors (Lipinski definition) is 5. The number of rotatable bonds is 5. The molecule has 0 saturated carbocycles. The van der Waals surface area contributed by atoms with Gasteiger partial charge in [-0.3, -0.25) is 4.79 Å². The molecule has 0 aromatic heterocycles. The molecule has 0 aliphatic rings. The van der Waals surface area contributed by atoms with Crippen LogP contribution in [-0.4, -0.2) is 33.0 Å². The molecule has 0 atom stereocenters. The van der Waals surface area contributed by atoms with E-state index in [2.05, 4.69) is 14.2 Å². The minimum Gasteiger partial charge on any atom is -0.456 e. The zero-order valence-corrected chi connectivity index (χ0v) is 5.53. The molecule has 5 heteroatoms. The lowest BCUT2D eigenvalue weighted by Gasteiger charge is -2.00. The second-order valence-electron chi connectivity index (χ2n) is 1.33. The monoisotopic (exact) mass is 148 g/mol. The lowest BCUT2D eigenvalue weighted by Crippen LogP contribution is -2.13. The van der Waals surface area contributed by atoms with Crippen molar-refractivity contribution < 1.29 is 23.8 Å². The third kappa shape index (κ3) is 5.04. The van der Waals surface area contributed by atoms with Crippen LogP contribution in [0.3, 0.4) is 0 Å². The van der Waals surface area contributed by atoms with Crippen molar-refractivity contribution in [2.75, 3.05) is 20.5 Å². The Hall–Kier alpha value is -1.10. The highest BCUT2D eigenvalue weighted by Crippen LogP contribution is 1.78. The summed E-state index contributed by atoms with van der Waals surface area (Å²) in [5.41, 5.74) is 0. The molecule has 0 unspecified atom stereocenters. The molecular weight excluding hydrogens is 140 g/mol. The van der Waals surface area contributed by atoms with E-state index in [0.29, 0.717) is 0 Å². The molecule has 10 heavy (non-hydrogen) atoms. The van der Waals surface area contributed by atoms with E-state index < -0.39 is 5.97 Å². The summed E-state index contributed by atoms with van der Waals surface area (Å²) < 4.78 is 12.8. The van der Waals surface area contributed by atoms with Gasteiger partial charge in [-0.05, 0) is 0 Å². The summed E-state index contributed by atoms with van der Waals surface area (Å²) in [7, 11) is 1.38. The Morgan fingerprint density at radius 2 is 2.30 bits per heavy atom. The molecule has 58 valence electrons. The first-order chi connectivity index (χ1) is 4.81. The molecule has 0 spiro atoms. The van der Waals surface area contributed by atoms with Crippen molar-refractivity contribution >= 4 is 12.4 Å². The maximum atomic E-state index is 10.4. The summed E-state index contributed by atoms with van der Waals surface area (Å²) in [6.45, 7) is -0.317. The molecule has 0 rings (SSSR count). The average Bonchev–Trinajstić information content (AvgIpc) is 1.97. The molecule has 0 aromatic carbocycles. The Bertz CT molecular complexity index is 111. The third-order valence-corrected chi connectivity index (χ3v) is 0.607. The van der Waals surface area contributed by atoms with Gasteiger partial charge in [0.2, 0.25) is 0 Å². The van der Waals surface area contributed by atoms with Crippen molar-refractivity contribution in [2.45, 2.75) is 0 Å². The maximum absolute atomic E-state index is 10.4. The molecule has 0 aliphatic carbocycles. The van der Waals surface area contributed by atoms with E-state index in [-0.39, 0.29) is 19.9 Å². The van der Waals surface area contributed by atoms with Crippen LogP contribution >= 0.6 is 0 Å². The Morgan fingerprint density at radius 3 is 2.80 bits per heavy atom. The summed E-state index contributed by atoms with van der Waals surface area (Å²) >= 11 is 0. The van der Waals surface area contributed by atoms with Gasteiger partial charge >= 0.3 is 5.97 Å². The topological polar surface area (TPSA) is 61.8 Å². The van der Waals surface area contributed by atoms with E-state index in [1.54, 1.807) is 0 Å². The van der Waals surface area contributed by atoms with Gasteiger partial charge < -0.3 is 14.2 Å². The fraction of sp³-hybridized carbons (Fsp3) is 0.600. The smallest absolute Gasteiger partial charge is 0.346 e. The van der Waals surface area contributed by atoms with Crippen LogP contribution in [0.5, 0.6) is 0 Å². The Kier molecular flexibility index (Phi) is 5.36. The summed E-state index contributed by atoms with van der Waals surface area (Å²) in [5.74, 6) is -0.631. The van der Waals surface area contributed by atoms with Crippen molar-refractivity contribution in [1.29, 1.82) is 0 Å². The first kappa shape index (κ1) is 8.90. The zero-order valence-electron chi connectivity index (χ0n) is 5.53. The van der Waals surface area contributed by atoms with Crippen LogP contribution < -0.4 is 0 Å².